The van der Waals surface area contributed by atoms with Gasteiger partial charge in [0.25, 0.3) is 0 Å². The summed E-state index contributed by atoms with van der Waals surface area (Å²) in [5.74, 6) is 0. The van der Waals surface area contributed by atoms with Crippen LogP contribution in [0.15, 0.2) is 6.20 Å². The topological polar surface area (TPSA) is 28.2 Å². The molecule has 1 atom stereocenters. The van der Waals surface area contributed by atoms with Gasteiger partial charge in [0.1, 0.15) is 0 Å². The second-order valence-electron chi connectivity index (χ2n) is 4.10. The third-order valence-corrected chi connectivity index (χ3v) is 4.03. The average Bonchev–Trinajstić information content (AvgIpc) is 2.69. The summed E-state index contributed by atoms with van der Waals surface area (Å²) in [7, 11) is 0. The molecule has 0 spiro atoms. The number of hydrogen-bond donors (Lipinski definition) is 1. The minimum atomic E-state index is 0.644. The zero-order valence-electron chi connectivity index (χ0n) is 9.49. The van der Waals surface area contributed by atoms with E-state index in [-0.39, 0.29) is 0 Å². The molecule has 84 valence electrons. The molecule has 4 heteroatoms. The second kappa shape index (κ2) is 5.05. The molecule has 3 nitrogen and oxygen atoms in total. The Morgan fingerprint density at radius 2 is 2.53 bits per heavy atom. The minimum absolute atomic E-state index is 0.644. The molecule has 0 unspecified atom stereocenters. The number of hydrogen-bond acceptors (Lipinski definition) is 4. The summed E-state index contributed by atoms with van der Waals surface area (Å²) in [4.78, 5) is 8.34. The molecule has 15 heavy (non-hydrogen) atoms. The van der Waals surface area contributed by atoms with E-state index in [1.54, 1.807) is 0 Å². The normalized spacial score (nSPS) is 23.2. The SMILES string of the molecule is CCc1ncc(CN2CCNC[C@H]2C)s1. The Kier molecular flexibility index (Phi) is 3.72. The lowest BCUT2D eigenvalue weighted by Crippen LogP contribution is -2.49. The van der Waals surface area contributed by atoms with Crippen molar-refractivity contribution >= 4 is 11.3 Å². The fourth-order valence-corrected chi connectivity index (χ4v) is 2.79. The van der Waals surface area contributed by atoms with Gasteiger partial charge in [-0.3, -0.25) is 4.90 Å². The maximum absolute atomic E-state index is 4.40. The highest BCUT2D eigenvalue weighted by atomic mass is 32.1. The van der Waals surface area contributed by atoms with Crippen molar-refractivity contribution in [1.29, 1.82) is 0 Å². The molecule has 0 radical (unpaired) electrons. The van der Waals surface area contributed by atoms with Gasteiger partial charge in [0.15, 0.2) is 0 Å². The number of aromatic nitrogens is 1. The summed E-state index contributed by atoms with van der Waals surface area (Å²) >= 11 is 1.86. The molecule has 1 aromatic heterocycles. The molecule has 0 aliphatic carbocycles. The first-order chi connectivity index (χ1) is 7.29. The fraction of sp³-hybridized carbons (Fsp3) is 0.727. The average molecular weight is 225 g/mol. The van der Waals surface area contributed by atoms with Crippen molar-refractivity contribution in [2.24, 2.45) is 0 Å². The molecule has 1 aliphatic rings. The molecule has 1 N–H and O–H groups in total. The largest absolute Gasteiger partial charge is 0.314 e. The second-order valence-corrected chi connectivity index (χ2v) is 5.30. The molecule has 2 heterocycles. The van der Waals surface area contributed by atoms with Crippen LogP contribution in [0, 0.1) is 0 Å². The Morgan fingerprint density at radius 3 is 3.20 bits per heavy atom. The number of nitrogens with zero attached hydrogens (tertiary/aromatic N) is 2. The highest BCUT2D eigenvalue weighted by Gasteiger charge is 2.18. The van der Waals surface area contributed by atoms with Gasteiger partial charge < -0.3 is 5.32 Å². The molecule has 1 saturated heterocycles. The van der Waals surface area contributed by atoms with Gasteiger partial charge in [0, 0.05) is 43.3 Å². The van der Waals surface area contributed by atoms with Gasteiger partial charge in [-0.15, -0.1) is 11.3 Å². The molecule has 2 rings (SSSR count). The van der Waals surface area contributed by atoms with Crippen LogP contribution in [-0.2, 0) is 13.0 Å². The van der Waals surface area contributed by atoms with Gasteiger partial charge in [-0.2, -0.15) is 0 Å². The van der Waals surface area contributed by atoms with Gasteiger partial charge in [-0.25, -0.2) is 4.98 Å². The van der Waals surface area contributed by atoms with Crippen LogP contribution in [0.3, 0.4) is 0 Å². The lowest BCUT2D eigenvalue weighted by atomic mass is 10.2. The molecule has 0 aromatic carbocycles. The zero-order chi connectivity index (χ0) is 10.7. The van der Waals surface area contributed by atoms with E-state index >= 15 is 0 Å². The maximum Gasteiger partial charge on any atom is 0.0925 e. The van der Waals surface area contributed by atoms with E-state index in [1.807, 2.05) is 17.5 Å². The summed E-state index contributed by atoms with van der Waals surface area (Å²) in [5, 5.41) is 4.67. The third-order valence-electron chi connectivity index (χ3n) is 2.90. The summed E-state index contributed by atoms with van der Waals surface area (Å²) in [5.41, 5.74) is 0. The van der Waals surface area contributed by atoms with Gasteiger partial charge in [-0.1, -0.05) is 6.92 Å². The summed E-state index contributed by atoms with van der Waals surface area (Å²) in [6.45, 7) is 8.90. The zero-order valence-corrected chi connectivity index (χ0v) is 10.3. The molecule has 0 amide bonds. The van der Waals surface area contributed by atoms with Crippen LogP contribution in [-0.4, -0.2) is 35.6 Å². The van der Waals surface area contributed by atoms with Crippen LogP contribution in [0.25, 0.3) is 0 Å². The third kappa shape index (κ3) is 2.77. The molecule has 1 aromatic rings. The van der Waals surface area contributed by atoms with Crippen LogP contribution in [0.1, 0.15) is 23.7 Å². The number of rotatable bonds is 3. The fourth-order valence-electron chi connectivity index (χ4n) is 1.90. The van der Waals surface area contributed by atoms with Crippen LogP contribution >= 0.6 is 11.3 Å². The molecule has 0 saturated carbocycles. The van der Waals surface area contributed by atoms with Gasteiger partial charge >= 0.3 is 0 Å². The molecular weight excluding hydrogens is 206 g/mol. The van der Waals surface area contributed by atoms with E-state index in [9.17, 15) is 0 Å². The van der Waals surface area contributed by atoms with Crippen LogP contribution in [0.2, 0.25) is 0 Å². The number of nitrogens with one attached hydrogen (secondary N) is 1. The Morgan fingerprint density at radius 1 is 1.67 bits per heavy atom. The molecule has 1 aliphatic heterocycles. The summed E-state index contributed by atoms with van der Waals surface area (Å²) in [6, 6.07) is 0.644. The predicted octanol–water partition coefficient (Wildman–Crippen LogP) is 1.50. The number of piperazine rings is 1. The Hall–Kier alpha value is -0.450. The minimum Gasteiger partial charge on any atom is -0.314 e. The smallest absolute Gasteiger partial charge is 0.0925 e. The lowest BCUT2D eigenvalue weighted by molar-refractivity contribution is 0.167. The van der Waals surface area contributed by atoms with E-state index in [0.717, 1.165) is 32.6 Å². The van der Waals surface area contributed by atoms with E-state index < -0.39 is 0 Å². The molecular formula is C11H19N3S. The van der Waals surface area contributed by atoms with Crippen molar-refractivity contribution in [1.82, 2.24) is 15.2 Å². The van der Waals surface area contributed by atoms with Crippen LogP contribution in [0.4, 0.5) is 0 Å². The predicted molar refractivity (Wildman–Crippen MR) is 64.2 cm³/mol. The van der Waals surface area contributed by atoms with Crippen molar-refractivity contribution in [3.8, 4) is 0 Å². The Labute approximate surface area is 95.5 Å². The molecule has 1 fully saturated rings. The van der Waals surface area contributed by atoms with Gasteiger partial charge in [0.05, 0.1) is 5.01 Å². The van der Waals surface area contributed by atoms with Gasteiger partial charge in [-0.05, 0) is 13.3 Å². The van der Waals surface area contributed by atoms with E-state index in [1.165, 1.54) is 9.88 Å². The monoisotopic (exact) mass is 225 g/mol. The molecule has 0 bridgehead atoms. The summed E-state index contributed by atoms with van der Waals surface area (Å²) in [6.07, 6.45) is 3.10. The summed E-state index contributed by atoms with van der Waals surface area (Å²) < 4.78 is 0. The van der Waals surface area contributed by atoms with Crippen molar-refractivity contribution in [3.63, 3.8) is 0 Å². The lowest BCUT2D eigenvalue weighted by Gasteiger charge is -2.33. The van der Waals surface area contributed by atoms with Crippen LogP contribution in [0.5, 0.6) is 0 Å². The van der Waals surface area contributed by atoms with Crippen molar-refractivity contribution in [2.45, 2.75) is 32.9 Å². The maximum atomic E-state index is 4.40. The van der Waals surface area contributed by atoms with E-state index in [2.05, 4.69) is 29.0 Å². The van der Waals surface area contributed by atoms with Crippen molar-refractivity contribution < 1.29 is 0 Å². The Balaban J connectivity index is 1.95. The first-order valence-electron chi connectivity index (χ1n) is 5.68. The van der Waals surface area contributed by atoms with Crippen molar-refractivity contribution in [3.05, 3.63) is 16.1 Å². The van der Waals surface area contributed by atoms with Gasteiger partial charge in [0.2, 0.25) is 0 Å². The van der Waals surface area contributed by atoms with Crippen LogP contribution < -0.4 is 5.32 Å². The first-order valence-corrected chi connectivity index (χ1v) is 6.49. The van der Waals surface area contributed by atoms with E-state index in [4.69, 9.17) is 0 Å². The first kappa shape index (κ1) is 11.0. The highest BCUT2D eigenvalue weighted by molar-refractivity contribution is 7.11. The number of aryl methyl sites for hydroxylation is 1. The van der Waals surface area contributed by atoms with Crippen molar-refractivity contribution in [2.75, 3.05) is 19.6 Å². The standard InChI is InChI=1S/C11H19N3S/c1-3-11-13-7-10(15-11)8-14-5-4-12-6-9(14)2/h7,9,12H,3-6,8H2,1-2H3/t9-/m1/s1. The Bertz CT molecular complexity index is 311. The number of thiazole rings is 1. The quantitative estimate of drug-likeness (QED) is 0.845. The van der Waals surface area contributed by atoms with E-state index in [0.29, 0.717) is 6.04 Å². The highest BCUT2D eigenvalue weighted by Crippen LogP contribution is 2.17.